The van der Waals surface area contributed by atoms with Crippen molar-refractivity contribution in [3.05, 3.63) is 115 Å². The van der Waals surface area contributed by atoms with E-state index in [9.17, 15) is 13.2 Å². The third-order valence-electron chi connectivity index (χ3n) is 5.08. The molecular weight excluding hydrogens is 427 g/mol. The molecule has 0 aliphatic rings. The van der Waals surface area contributed by atoms with Crippen molar-refractivity contribution in [3.8, 4) is 22.3 Å². The monoisotopic (exact) mass is 447 g/mol. The number of rotatable bonds is 5. The van der Waals surface area contributed by atoms with Crippen LogP contribution in [0, 0.1) is 0 Å². The molecule has 4 rings (SSSR count). The van der Waals surface area contributed by atoms with E-state index in [1.807, 2.05) is 72.8 Å². The molecule has 0 aliphatic carbocycles. The molecule has 1 nitrogen and oxygen atoms in total. The summed E-state index contributed by atoms with van der Waals surface area (Å²) in [5, 5.41) is 0. The second-order valence-electron chi connectivity index (χ2n) is 7.30. The Balaban J connectivity index is 1.56. The lowest BCUT2D eigenvalue weighted by Gasteiger charge is -2.11. The number of nitrogens with two attached hydrogens (primary N) is 1. The Kier molecular flexibility index (Phi) is 6.10. The highest BCUT2D eigenvalue weighted by atomic mass is 32.2. The number of anilines is 1. The van der Waals surface area contributed by atoms with E-state index >= 15 is 0 Å². The Bertz CT molecular complexity index is 1260. The Morgan fingerprint density at radius 3 is 1.91 bits per heavy atom. The number of alkyl halides is 3. The minimum Gasteiger partial charge on any atom is -0.398 e. The molecule has 2 N–H and O–H groups in total. The van der Waals surface area contributed by atoms with Crippen molar-refractivity contribution in [2.45, 2.75) is 11.1 Å². The van der Waals surface area contributed by atoms with Gasteiger partial charge in [-0.1, -0.05) is 85.1 Å². The molecule has 0 aliphatic heterocycles. The first kappa shape index (κ1) is 21.8. The first-order valence-electron chi connectivity index (χ1n) is 9.91. The number of thioether (sulfide) groups is 1. The van der Waals surface area contributed by atoms with Crippen LogP contribution in [-0.2, 0) is 6.18 Å². The number of benzene rings is 4. The van der Waals surface area contributed by atoms with Crippen LogP contribution in [0.1, 0.15) is 11.1 Å². The van der Waals surface area contributed by atoms with Gasteiger partial charge < -0.3 is 5.73 Å². The quantitative estimate of drug-likeness (QED) is 0.246. The molecular formula is C27H20F3NS. The van der Waals surface area contributed by atoms with Gasteiger partial charge in [-0.2, -0.15) is 13.2 Å². The van der Waals surface area contributed by atoms with Crippen LogP contribution in [0.25, 0.3) is 27.2 Å². The normalized spacial score (nSPS) is 11.3. The second kappa shape index (κ2) is 8.97. The third-order valence-corrected chi connectivity index (χ3v) is 6.15. The number of para-hydroxylation sites is 1. The molecule has 0 saturated carbocycles. The number of hydrogen-bond acceptors (Lipinski definition) is 2. The van der Waals surface area contributed by atoms with E-state index < -0.39 is 11.7 Å². The summed E-state index contributed by atoms with van der Waals surface area (Å²) < 4.78 is 39.0. The maximum atomic E-state index is 13.0. The van der Waals surface area contributed by atoms with Crippen LogP contribution in [0.4, 0.5) is 18.9 Å². The van der Waals surface area contributed by atoms with E-state index in [1.165, 1.54) is 23.9 Å². The Labute approximate surface area is 189 Å². The molecule has 0 amide bonds. The highest BCUT2D eigenvalue weighted by Gasteiger charge is 2.30. The van der Waals surface area contributed by atoms with Crippen molar-refractivity contribution in [2.75, 3.05) is 5.73 Å². The van der Waals surface area contributed by atoms with Crippen LogP contribution in [0.15, 0.2) is 109 Å². The molecule has 5 heteroatoms. The van der Waals surface area contributed by atoms with Gasteiger partial charge in [0.25, 0.3) is 0 Å². The summed E-state index contributed by atoms with van der Waals surface area (Å²) in [6.07, 6.45) is -4.36. The zero-order valence-electron chi connectivity index (χ0n) is 17.1. The van der Waals surface area contributed by atoms with Gasteiger partial charge in [0.2, 0.25) is 0 Å². The second-order valence-corrected chi connectivity index (χ2v) is 8.44. The van der Waals surface area contributed by atoms with Crippen LogP contribution in [0.5, 0.6) is 0 Å². The van der Waals surface area contributed by atoms with Crippen molar-refractivity contribution in [2.24, 2.45) is 0 Å². The Morgan fingerprint density at radius 1 is 0.688 bits per heavy atom. The zero-order chi connectivity index (χ0) is 22.7. The first-order valence-corrected chi connectivity index (χ1v) is 10.7. The van der Waals surface area contributed by atoms with Crippen molar-refractivity contribution in [1.82, 2.24) is 0 Å². The van der Waals surface area contributed by atoms with E-state index in [0.717, 1.165) is 38.1 Å². The van der Waals surface area contributed by atoms with Crippen LogP contribution in [0.2, 0.25) is 0 Å². The largest absolute Gasteiger partial charge is 0.416 e. The van der Waals surface area contributed by atoms with Crippen LogP contribution >= 0.6 is 11.8 Å². The van der Waals surface area contributed by atoms with E-state index in [4.69, 9.17) is 5.73 Å². The van der Waals surface area contributed by atoms with Gasteiger partial charge in [0.05, 0.1) is 5.56 Å². The summed E-state index contributed by atoms with van der Waals surface area (Å²) in [6.45, 7) is 4.19. The number of hydrogen-bond donors (Lipinski definition) is 1. The van der Waals surface area contributed by atoms with E-state index in [2.05, 4.69) is 6.58 Å². The van der Waals surface area contributed by atoms with Crippen molar-refractivity contribution in [3.63, 3.8) is 0 Å². The van der Waals surface area contributed by atoms with Gasteiger partial charge in [-0.25, -0.2) is 0 Å². The van der Waals surface area contributed by atoms with Gasteiger partial charge in [-0.15, -0.1) is 0 Å². The van der Waals surface area contributed by atoms with E-state index in [0.29, 0.717) is 11.3 Å². The molecule has 4 aromatic carbocycles. The fourth-order valence-electron chi connectivity index (χ4n) is 3.37. The summed E-state index contributed by atoms with van der Waals surface area (Å²) >= 11 is 1.52. The first-order chi connectivity index (χ1) is 15.3. The van der Waals surface area contributed by atoms with Gasteiger partial charge in [-0.3, -0.25) is 0 Å². The molecule has 4 aromatic rings. The van der Waals surface area contributed by atoms with Crippen molar-refractivity contribution in [1.29, 1.82) is 0 Å². The van der Waals surface area contributed by atoms with Crippen molar-refractivity contribution >= 4 is 22.4 Å². The fourth-order valence-corrected chi connectivity index (χ4v) is 4.21. The van der Waals surface area contributed by atoms with Gasteiger partial charge in [0.15, 0.2) is 0 Å². The topological polar surface area (TPSA) is 26.0 Å². The SMILES string of the molecule is C=C(Sc1ccccc1N)c1cccc(-c2ccc(-c3cccc(C(F)(F)F)c3)cc2)c1. The van der Waals surface area contributed by atoms with Gasteiger partial charge in [0.1, 0.15) is 0 Å². The maximum absolute atomic E-state index is 13.0. The van der Waals surface area contributed by atoms with Crippen LogP contribution in [0.3, 0.4) is 0 Å². The minimum atomic E-state index is -4.36. The highest BCUT2D eigenvalue weighted by Crippen LogP contribution is 2.37. The minimum absolute atomic E-state index is 0.533. The predicted molar refractivity (Wildman–Crippen MR) is 128 cm³/mol. The Morgan fingerprint density at radius 2 is 1.28 bits per heavy atom. The average molecular weight is 448 g/mol. The molecule has 0 heterocycles. The molecule has 0 radical (unpaired) electrons. The lowest BCUT2D eigenvalue weighted by Crippen LogP contribution is -2.04. The summed E-state index contributed by atoms with van der Waals surface area (Å²) in [6, 6.07) is 28.5. The third kappa shape index (κ3) is 4.89. The molecule has 0 spiro atoms. The lowest BCUT2D eigenvalue weighted by atomic mass is 9.98. The van der Waals surface area contributed by atoms with Crippen LogP contribution in [-0.4, -0.2) is 0 Å². The molecule has 0 fully saturated rings. The smallest absolute Gasteiger partial charge is 0.398 e. The summed E-state index contributed by atoms with van der Waals surface area (Å²) in [7, 11) is 0. The van der Waals surface area contributed by atoms with E-state index in [1.54, 1.807) is 6.07 Å². The fraction of sp³-hybridized carbons (Fsp3) is 0.0370. The Hall–Kier alpha value is -3.44. The molecule has 0 atom stereocenters. The van der Waals surface area contributed by atoms with Gasteiger partial charge >= 0.3 is 6.18 Å². The molecule has 0 aromatic heterocycles. The highest BCUT2D eigenvalue weighted by molar-refractivity contribution is 8.08. The lowest BCUT2D eigenvalue weighted by molar-refractivity contribution is -0.137. The maximum Gasteiger partial charge on any atom is 0.416 e. The van der Waals surface area contributed by atoms with Gasteiger partial charge in [-0.05, 0) is 58.1 Å². The molecule has 32 heavy (non-hydrogen) atoms. The van der Waals surface area contributed by atoms with Crippen molar-refractivity contribution < 1.29 is 13.2 Å². The van der Waals surface area contributed by atoms with E-state index in [-0.39, 0.29) is 0 Å². The zero-order valence-corrected chi connectivity index (χ0v) is 17.9. The molecule has 0 bridgehead atoms. The number of halogens is 3. The summed E-state index contributed by atoms with van der Waals surface area (Å²) in [5.41, 5.74) is 10.3. The van der Waals surface area contributed by atoms with Crippen LogP contribution < -0.4 is 5.73 Å². The number of nitrogen functional groups attached to an aromatic ring is 1. The average Bonchev–Trinajstić information content (AvgIpc) is 2.80. The predicted octanol–water partition coefficient (Wildman–Crippen LogP) is 8.38. The molecule has 160 valence electrons. The molecule has 0 unspecified atom stereocenters. The summed E-state index contributed by atoms with van der Waals surface area (Å²) in [5.74, 6) is 0. The van der Waals surface area contributed by atoms with Gasteiger partial charge in [0, 0.05) is 15.5 Å². The summed E-state index contributed by atoms with van der Waals surface area (Å²) in [4.78, 5) is 1.83. The standard InChI is InChI=1S/C27H20F3NS/c1-18(32-26-11-3-2-10-25(26)31)21-6-4-7-22(16-21)19-12-14-20(15-13-19)23-8-5-9-24(17-23)27(28,29)30/h2-17H,1,31H2. The molecule has 0 saturated heterocycles.